The lowest BCUT2D eigenvalue weighted by molar-refractivity contribution is -0.146. The summed E-state index contributed by atoms with van der Waals surface area (Å²) in [4.78, 5) is 58.7. The van der Waals surface area contributed by atoms with Crippen molar-refractivity contribution in [1.29, 1.82) is 0 Å². The van der Waals surface area contributed by atoms with E-state index >= 15 is 0 Å². The molecule has 0 spiro atoms. The molecular formula is C29H36FN7O5. The highest BCUT2D eigenvalue weighted by molar-refractivity contribution is 5.93. The van der Waals surface area contributed by atoms with E-state index in [1.807, 2.05) is 4.90 Å². The minimum Gasteiger partial charge on any atom is -0.508 e. The van der Waals surface area contributed by atoms with Gasteiger partial charge in [-0.05, 0) is 55.4 Å². The van der Waals surface area contributed by atoms with Gasteiger partial charge in [0.05, 0.1) is 24.1 Å². The van der Waals surface area contributed by atoms with Crippen molar-refractivity contribution in [2.24, 2.45) is 11.8 Å². The first-order valence-corrected chi connectivity index (χ1v) is 14.8. The molecule has 0 radical (unpaired) electrons. The molecule has 2 aromatic rings. The molecule has 12 nitrogen and oxygen atoms in total. The summed E-state index contributed by atoms with van der Waals surface area (Å²) in [5, 5.41) is 20.7. The van der Waals surface area contributed by atoms with E-state index in [0.29, 0.717) is 37.3 Å². The van der Waals surface area contributed by atoms with E-state index in [1.54, 1.807) is 23.2 Å². The Morgan fingerprint density at radius 2 is 1.81 bits per heavy atom. The van der Waals surface area contributed by atoms with Gasteiger partial charge in [0, 0.05) is 51.9 Å². The molecule has 4 aliphatic heterocycles. The van der Waals surface area contributed by atoms with Crippen molar-refractivity contribution in [3.05, 3.63) is 36.2 Å². The molecule has 13 heteroatoms. The fraction of sp³-hybridized carbons (Fsp3) is 0.586. The second kappa shape index (κ2) is 11.7. The number of hydrogen-bond donors (Lipinski definition) is 2. The van der Waals surface area contributed by atoms with Crippen molar-refractivity contribution in [2.45, 2.75) is 63.2 Å². The monoisotopic (exact) mass is 581 g/mol. The molecule has 1 aromatic carbocycles. The number of aromatic hydroxyl groups is 1. The highest BCUT2D eigenvalue weighted by Crippen LogP contribution is 2.33. The van der Waals surface area contributed by atoms with Crippen molar-refractivity contribution in [1.82, 2.24) is 35.0 Å². The maximum absolute atomic E-state index is 14.7. The van der Waals surface area contributed by atoms with Crippen LogP contribution in [0.3, 0.4) is 0 Å². The van der Waals surface area contributed by atoms with Crippen molar-refractivity contribution >= 4 is 23.6 Å². The Labute approximate surface area is 242 Å². The highest BCUT2D eigenvalue weighted by Gasteiger charge is 2.46. The molecule has 6 rings (SSSR count). The number of likely N-dealkylation sites (tertiary alicyclic amines) is 1. The zero-order chi connectivity index (χ0) is 29.4. The zero-order valence-corrected chi connectivity index (χ0v) is 23.4. The molecule has 4 aliphatic rings. The second-order valence-corrected chi connectivity index (χ2v) is 11.9. The number of benzene rings is 1. The largest absolute Gasteiger partial charge is 0.508 e. The van der Waals surface area contributed by atoms with Crippen LogP contribution >= 0.6 is 0 Å². The Hall–Kier alpha value is -4.03. The number of alkyl halides is 1. The summed E-state index contributed by atoms with van der Waals surface area (Å²) in [6.45, 7) is 2.00. The number of carbonyl (C=O) groups excluding carboxylic acids is 4. The Kier molecular flexibility index (Phi) is 7.82. The first kappa shape index (κ1) is 28.1. The Morgan fingerprint density at radius 1 is 1.05 bits per heavy atom. The van der Waals surface area contributed by atoms with Gasteiger partial charge in [0.1, 0.15) is 24.0 Å². The Balaban J connectivity index is 1.24. The molecule has 4 amide bonds. The van der Waals surface area contributed by atoms with Crippen molar-refractivity contribution < 1.29 is 28.7 Å². The molecule has 4 fully saturated rings. The molecular weight excluding hydrogens is 545 g/mol. The van der Waals surface area contributed by atoms with Crippen molar-refractivity contribution in [3.63, 3.8) is 0 Å². The molecule has 4 saturated heterocycles. The first-order chi connectivity index (χ1) is 20.2. The van der Waals surface area contributed by atoms with Crippen LogP contribution in [0.4, 0.5) is 4.39 Å². The number of rotatable bonds is 5. The number of phenols is 1. The SMILES string of the molecule is O=C1C[C@H]2CN(CC[C@H]2CC(=O)N2CCCC2)C(=O)[C@@H]2C[C@H](F)CN2C(=O)[C@@H](Cc2cn(-c3ccc(O)cc3)nn2)N1. The summed E-state index contributed by atoms with van der Waals surface area (Å²) < 4.78 is 16.2. The number of aromatic nitrogens is 3. The van der Waals surface area contributed by atoms with Crippen LogP contribution in [0, 0.1) is 11.8 Å². The van der Waals surface area contributed by atoms with Gasteiger partial charge in [-0.15, -0.1) is 5.10 Å². The van der Waals surface area contributed by atoms with Crippen LogP contribution in [0.1, 0.15) is 44.2 Å². The van der Waals surface area contributed by atoms with E-state index in [2.05, 4.69) is 15.6 Å². The maximum atomic E-state index is 14.7. The molecule has 5 atom stereocenters. The summed E-state index contributed by atoms with van der Waals surface area (Å²) in [6.07, 6.45) is 3.17. The van der Waals surface area contributed by atoms with Crippen LogP contribution in [-0.4, -0.2) is 109 Å². The topological polar surface area (TPSA) is 141 Å². The van der Waals surface area contributed by atoms with Gasteiger partial charge in [0.25, 0.3) is 0 Å². The third-order valence-electron chi connectivity index (χ3n) is 9.07. The first-order valence-electron chi connectivity index (χ1n) is 14.8. The fourth-order valence-electron chi connectivity index (χ4n) is 6.80. The van der Waals surface area contributed by atoms with E-state index in [9.17, 15) is 28.7 Å². The van der Waals surface area contributed by atoms with Gasteiger partial charge in [0.15, 0.2) is 0 Å². The lowest BCUT2D eigenvalue weighted by atomic mass is 9.80. The van der Waals surface area contributed by atoms with Crippen LogP contribution < -0.4 is 5.32 Å². The number of phenolic OH excluding ortho intramolecular Hbond substituents is 1. The number of nitrogens with one attached hydrogen (secondary N) is 1. The predicted molar refractivity (Wildman–Crippen MR) is 147 cm³/mol. The normalized spacial score (nSPS) is 28.5. The van der Waals surface area contributed by atoms with E-state index in [0.717, 1.165) is 25.9 Å². The minimum atomic E-state index is -1.34. The van der Waals surface area contributed by atoms with Crippen LogP contribution in [0.5, 0.6) is 5.75 Å². The summed E-state index contributed by atoms with van der Waals surface area (Å²) in [5.74, 6) is -1.32. The van der Waals surface area contributed by atoms with Crippen molar-refractivity contribution in [2.75, 3.05) is 32.7 Å². The van der Waals surface area contributed by atoms with Crippen LogP contribution in [0.25, 0.3) is 5.69 Å². The third-order valence-corrected chi connectivity index (χ3v) is 9.07. The van der Waals surface area contributed by atoms with Crippen LogP contribution in [0.2, 0.25) is 0 Å². The van der Waals surface area contributed by atoms with E-state index in [1.165, 1.54) is 21.7 Å². The molecule has 2 N–H and O–H groups in total. The number of nitrogens with zero attached hydrogens (tertiary/aromatic N) is 6. The van der Waals surface area contributed by atoms with Crippen molar-refractivity contribution in [3.8, 4) is 11.4 Å². The van der Waals surface area contributed by atoms with Gasteiger partial charge < -0.3 is 25.1 Å². The zero-order valence-electron chi connectivity index (χ0n) is 23.4. The summed E-state index contributed by atoms with van der Waals surface area (Å²) in [5.41, 5.74) is 1.07. The summed E-state index contributed by atoms with van der Waals surface area (Å²) >= 11 is 0. The van der Waals surface area contributed by atoms with E-state index in [4.69, 9.17) is 0 Å². The molecule has 1 aromatic heterocycles. The average molecular weight is 582 g/mol. The molecule has 0 unspecified atom stereocenters. The number of hydrogen-bond acceptors (Lipinski definition) is 7. The van der Waals surface area contributed by atoms with E-state index in [-0.39, 0.29) is 61.1 Å². The van der Waals surface area contributed by atoms with Gasteiger partial charge in [-0.2, -0.15) is 0 Å². The molecule has 42 heavy (non-hydrogen) atoms. The molecule has 5 heterocycles. The average Bonchev–Trinajstić information content (AvgIpc) is 3.74. The molecule has 0 aliphatic carbocycles. The number of halogens is 1. The lowest BCUT2D eigenvalue weighted by Crippen LogP contribution is -2.54. The van der Waals surface area contributed by atoms with Crippen LogP contribution in [-0.2, 0) is 25.6 Å². The Bertz CT molecular complexity index is 1340. The third kappa shape index (κ3) is 5.82. The smallest absolute Gasteiger partial charge is 0.246 e. The Morgan fingerprint density at radius 3 is 2.57 bits per heavy atom. The number of piperidine rings is 1. The quantitative estimate of drug-likeness (QED) is 0.533. The predicted octanol–water partition coefficient (Wildman–Crippen LogP) is 0.820. The van der Waals surface area contributed by atoms with E-state index < -0.39 is 24.2 Å². The molecule has 2 bridgehead atoms. The summed E-state index contributed by atoms with van der Waals surface area (Å²) in [7, 11) is 0. The number of fused-ring (bicyclic) bond motifs is 3. The minimum absolute atomic E-state index is 0.00226. The molecule has 224 valence electrons. The van der Waals surface area contributed by atoms with Gasteiger partial charge in [-0.25, -0.2) is 9.07 Å². The second-order valence-electron chi connectivity index (χ2n) is 11.9. The lowest BCUT2D eigenvalue weighted by Gasteiger charge is -2.40. The molecule has 0 saturated carbocycles. The highest BCUT2D eigenvalue weighted by atomic mass is 19.1. The standard InChI is InChI=1S/C29H36FN7O5/c30-20-13-25-29(42)35-10-7-18(12-27(40)34-8-1-2-9-34)19(15-35)11-26(39)31-24(28(41)36(25)16-20)14-21-17-37(33-32-21)22-3-5-23(38)6-4-22/h3-6,17-20,24-25,38H,1-2,7-16H2,(H,31,39)/t18-,19-,20-,24+,25-/m0/s1. The number of carbonyl (C=O) groups is 4. The fourth-order valence-corrected chi connectivity index (χ4v) is 6.80. The van der Waals surface area contributed by atoms with Gasteiger partial charge in [0.2, 0.25) is 23.6 Å². The van der Waals surface area contributed by atoms with Gasteiger partial charge >= 0.3 is 0 Å². The number of amides is 4. The van der Waals surface area contributed by atoms with Gasteiger partial charge in [-0.1, -0.05) is 5.21 Å². The van der Waals surface area contributed by atoms with Gasteiger partial charge in [-0.3, -0.25) is 19.2 Å². The van der Waals surface area contributed by atoms with Crippen LogP contribution in [0.15, 0.2) is 30.5 Å². The summed E-state index contributed by atoms with van der Waals surface area (Å²) in [6, 6.07) is 4.34. The maximum Gasteiger partial charge on any atom is 0.246 e.